The van der Waals surface area contributed by atoms with Crippen LogP contribution in [0.1, 0.15) is 219 Å². The van der Waals surface area contributed by atoms with Crippen LogP contribution in [-0.2, 0) is 4.79 Å². The molecular formula is C42H82N2O. The van der Waals surface area contributed by atoms with Gasteiger partial charge in [-0.15, -0.1) is 0 Å². The van der Waals surface area contributed by atoms with E-state index in [0.29, 0.717) is 12.2 Å². The van der Waals surface area contributed by atoms with Crippen molar-refractivity contribution in [2.24, 2.45) is 5.73 Å². The first-order valence-electron chi connectivity index (χ1n) is 20.5. The smallest absolute Gasteiger partial charge is 0.149 e. The van der Waals surface area contributed by atoms with E-state index in [1.54, 1.807) is 0 Å². The normalized spacial score (nSPS) is 12.6. The molecule has 0 aliphatic rings. The van der Waals surface area contributed by atoms with E-state index >= 15 is 0 Å². The molecule has 0 aromatic heterocycles. The van der Waals surface area contributed by atoms with Gasteiger partial charge in [-0.3, -0.25) is 4.79 Å². The summed E-state index contributed by atoms with van der Waals surface area (Å²) in [4.78, 5) is 12.4. The second-order valence-corrected chi connectivity index (χ2v) is 13.9. The third kappa shape index (κ3) is 37.4. The van der Waals surface area contributed by atoms with Crippen molar-refractivity contribution in [2.75, 3.05) is 13.1 Å². The average molecular weight is 631 g/mol. The number of Topliss-reactive ketones (excluding diaryl/α,β-unsaturated/α-hetero) is 1. The molecule has 1 unspecified atom stereocenters. The molecule has 45 heavy (non-hydrogen) atoms. The number of hydrogen-bond acceptors (Lipinski definition) is 3. The molecule has 0 rings (SSSR count). The van der Waals surface area contributed by atoms with Crippen LogP contribution >= 0.6 is 0 Å². The van der Waals surface area contributed by atoms with Gasteiger partial charge in [-0.25, -0.2) is 0 Å². The predicted octanol–water partition coefficient (Wildman–Crippen LogP) is 13.1. The number of allylic oxidation sites excluding steroid dienone is 4. The van der Waals surface area contributed by atoms with Crippen LogP contribution in [0.15, 0.2) is 24.3 Å². The summed E-state index contributed by atoms with van der Waals surface area (Å²) in [5, 5.41) is 3.41. The van der Waals surface area contributed by atoms with Gasteiger partial charge < -0.3 is 11.1 Å². The van der Waals surface area contributed by atoms with Gasteiger partial charge in [0.05, 0.1) is 6.04 Å². The Morgan fingerprint density at radius 1 is 0.489 bits per heavy atom. The number of rotatable bonds is 38. The van der Waals surface area contributed by atoms with Crippen molar-refractivity contribution in [1.29, 1.82) is 0 Å². The van der Waals surface area contributed by atoms with Crippen LogP contribution in [-0.4, -0.2) is 24.9 Å². The molecule has 3 N–H and O–H groups in total. The van der Waals surface area contributed by atoms with Gasteiger partial charge in [0, 0.05) is 6.42 Å². The Labute approximate surface area is 283 Å². The second-order valence-electron chi connectivity index (χ2n) is 13.9. The van der Waals surface area contributed by atoms with Crippen LogP contribution in [0, 0.1) is 0 Å². The lowest BCUT2D eigenvalue weighted by molar-refractivity contribution is -0.120. The molecule has 0 aromatic rings. The van der Waals surface area contributed by atoms with E-state index in [1.807, 2.05) is 0 Å². The van der Waals surface area contributed by atoms with Crippen LogP contribution in [0.5, 0.6) is 0 Å². The summed E-state index contributed by atoms with van der Waals surface area (Å²) in [6.45, 7) is 6.77. The fourth-order valence-corrected chi connectivity index (χ4v) is 6.21. The molecule has 3 heteroatoms. The van der Waals surface area contributed by atoms with Gasteiger partial charge in [0.25, 0.3) is 0 Å². The minimum atomic E-state index is -0.229. The van der Waals surface area contributed by atoms with E-state index in [0.717, 1.165) is 25.8 Å². The topological polar surface area (TPSA) is 55.1 Å². The Bertz CT molecular complexity index is 628. The minimum absolute atomic E-state index is 0.229. The molecule has 0 spiro atoms. The summed E-state index contributed by atoms with van der Waals surface area (Å²) in [6.07, 6.45) is 50.7. The molecule has 266 valence electrons. The highest BCUT2D eigenvalue weighted by Crippen LogP contribution is 2.14. The highest BCUT2D eigenvalue weighted by molar-refractivity contribution is 5.83. The number of carbonyl (C=O) groups is 1. The molecule has 0 bridgehead atoms. The van der Waals surface area contributed by atoms with Crippen molar-refractivity contribution >= 4 is 5.78 Å². The van der Waals surface area contributed by atoms with Gasteiger partial charge in [0.1, 0.15) is 5.78 Å². The molecule has 0 aliphatic heterocycles. The van der Waals surface area contributed by atoms with Crippen molar-refractivity contribution in [3.8, 4) is 0 Å². The summed E-state index contributed by atoms with van der Waals surface area (Å²) < 4.78 is 0. The molecule has 0 aliphatic carbocycles. The van der Waals surface area contributed by atoms with Crippen molar-refractivity contribution in [2.45, 2.75) is 225 Å². The fraction of sp³-hybridized carbons (Fsp3) is 0.881. The molecule has 0 amide bonds. The van der Waals surface area contributed by atoms with Gasteiger partial charge in [-0.2, -0.15) is 0 Å². The van der Waals surface area contributed by atoms with E-state index in [4.69, 9.17) is 5.73 Å². The Balaban J connectivity index is 3.34. The highest BCUT2D eigenvalue weighted by Gasteiger charge is 2.12. The zero-order chi connectivity index (χ0) is 32.7. The van der Waals surface area contributed by atoms with E-state index in [1.165, 1.54) is 186 Å². The standard InChI is InChI=1S/C42H82N2O/c1-3-5-6-7-8-9-10-11-17-21-24-27-30-33-36-39-42(45)41(43)38-35-32-29-26-23-20-18-15-13-12-14-16-19-22-25-28-31-34-37-40-44-4-2/h11,15,17-18,41,44H,3-10,12-14,16,19-40,43H2,1-2H3/b17-11-,18-15-. The lowest BCUT2D eigenvalue weighted by Gasteiger charge is -2.10. The fourth-order valence-electron chi connectivity index (χ4n) is 6.21. The summed E-state index contributed by atoms with van der Waals surface area (Å²) in [5.41, 5.74) is 6.20. The van der Waals surface area contributed by atoms with Gasteiger partial charge >= 0.3 is 0 Å². The largest absolute Gasteiger partial charge is 0.322 e. The van der Waals surface area contributed by atoms with E-state index < -0.39 is 0 Å². The molecule has 0 saturated carbocycles. The highest BCUT2D eigenvalue weighted by atomic mass is 16.1. The number of carbonyl (C=O) groups excluding carboxylic acids is 1. The second kappa shape index (κ2) is 39.2. The SMILES string of the molecule is CCCCCCCC/C=C\CCCCCCCC(=O)C(N)CCCCCCC/C=C\CCCCCCCCCCCCNCC. The van der Waals surface area contributed by atoms with Crippen molar-refractivity contribution in [3.05, 3.63) is 24.3 Å². The first kappa shape index (κ1) is 44.1. The summed E-state index contributed by atoms with van der Waals surface area (Å²) in [5.74, 6) is 0.291. The first-order valence-corrected chi connectivity index (χ1v) is 20.5. The van der Waals surface area contributed by atoms with Crippen molar-refractivity contribution in [3.63, 3.8) is 0 Å². The summed E-state index contributed by atoms with van der Waals surface area (Å²) in [7, 11) is 0. The van der Waals surface area contributed by atoms with Crippen LogP contribution in [0.2, 0.25) is 0 Å². The van der Waals surface area contributed by atoms with E-state index in [2.05, 4.69) is 43.5 Å². The lowest BCUT2D eigenvalue weighted by atomic mass is 9.99. The number of nitrogens with one attached hydrogen (secondary N) is 1. The zero-order valence-electron chi connectivity index (χ0n) is 30.9. The third-order valence-electron chi connectivity index (χ3n) is 9.38. The Kier molecular flexibility index (Phi) is 38.4. The summed E-state index contributed by atoms with van der Waals surface area (Å²) >= 11 is 0. The summed E-state index contributed by atoms with van der Waals surface area (Å²) in [6, 6.07) is -0.229. The molecule has 0 fully saturated rings. The van der Waals surface area contributed by atoms with E-state index in [9.17, 15) is 4.79 Å². The molecule has 3 nitrogen and oxygen atoms in total. The lowest BCUT2D eigenvalue weighted by Crippen LogP contribution is -2.30. The van der Waals surface area contributed by atoms with E-state index in [-0.39, 0.29) is 6.04 Å². The monoisotopic (exact) mass is 631 g/mol. The number of unbranched alkanes of at least 4 members (excludes halogenated alkanes) is 26. The quantitative estimate of drug-likeness (QED) is 0.0527. The van der Waals surface area contributed by atoms with Gasteiger partial charge in [0.2, 0.25) is 0 Å². The molecule has 0 heterocycles. The molecule has 1 atom stereocenters. The van der Waals surface area contributed by atoms with Crippen LogP contribution < -0.4 is 11.1 Å². The zero-order valence-corrected chi connectivity index (χ0v) is 30.9. The molecular weight excluding hydrogens is 548 g/mol. The first-order chi connectivity index (χ1) is 22.2. The Morgan fingerprint density at radius 2 is 0.844 bits per heavy atom. The van der Waals surface area contributed by atoms with Crippen LogP contribution in [0.4, 0.5) is 0 Å². The van der Waals surface area contributed by atoms with Crippen LogP contribution in [0.25, 0.3) is 0 Å². The maximum absolute atomic E-state index is 12.4. The Morgan fingerprint density at radius 3 is 1.27 bits per heavy atom. The average Bonchev–Trinajstić information content (AvgIpc) is 3.05. The molecule has 0 radical (unpaired) electrons. The number of hydrogen-bond donors (Lipinski definition) is 2. The van der Waals surface area contributed by atoms with Crippen LogP contribution in [0.3, 0.4) is 0 Å². The minimum Gasteiger partial charge on any atom is -0.322 e. The third-order valence-corrected chi connectivity index (χ3v) is 9.38. The van der Waals surface area contributed by atoms with Crippen molar-refractivity contribution in [1.82, 2.24) is 5.32 Å². The van der Waals surface area contributed by atoms with Gasteiger partial charge in [-0.1, -0.05) is 167 Å². The molecule has 0 aromatic carbocycles. The number of ketones is 1. The maximum atomic E-state index is 12.4. The van der Waals surface area contributed by atoms with Gasteiger partial charge in [-0.05, 0) is 83.7 Å². The Hall–Kier alpha value is -0.930. The maximum Gasteiger partial charge on any atom is 0.149 e. The predicted molar refractivity (Wildman–Crippen MR) is 203 cm³/mol. The van der Waals surface area contributed by atoms with Gasteiger partial charge in [0.15, 0.2) is 0 Å². The number of nitrogens with two attached hydrogens (primary N) is 1. The molecule has 0 saturated heterocycles. The van der Waals surface area contributed by atoms with Crippen molar-refractivity contribution < 1.29 is 4.79 Å².